The summed E-state index contributed by atoms with van der Waals surface area (Å²) in [5.74, 6) is 0.447. The van der Waals surface area contributed by atoms with Crippen molar-refractivity contribution in [3.05, 3.63) is 59.1 Å². The van der Waals surface area contributed by atoms with E-state index in [1.807, 2.05) is 6.92 Å². The van der Waals surface area contributed by atoms with Crippen LogP contribution in [0.4, 0.5) is 0 Å². The van der Waals surface area contributed by atoms with Crippen LogP contribution in [0.3, 0.4) is 0 Å². The second kappa shape index (κ2) is 7.98. The summed E-state index contributed by atoms with van der Waals surface area (Å²) in [6.07, 6.45) is -0.980. The highest BCUT2D eigenvalue weighted by Crippen LogP contribution is 2.23. The van der Waals surface area contributed by atoms with Gasteiger partial charge in [-0.15, -0.1) is 0 Å². The summed E-state index contributed by atoms with van der Waals surface area (Å²) in [7, 11) is -2.23. The molecular weight excluding hydrogens is 350 g/mol. The number of benzene rings is 2. The average Bonchev–Trinajstić information content (AvgIpc) is 2.54. The third-order valence-electron chi connectivity index (χ3n) is 3.46. The molecule has 0 saturated carbocycles. The van der Waals surface area contributed by atoms with Gasteiger partial charge in [0, 0.05) is 13.6 Å². The first-order valence-electron chi connectivity index (χ1n) is 7.39. The van der Waals surface area contributed by atoms with E-state index in [2.05, 4.69) is 0 Å². The minimum absolute atomic E-state index is 0.0580. The van der Waals surface area contributed by atoms with E-state index in [4.69, 9.17) is 16.3 Å². The number of halogens is 1. The van der Waals surface area contributed by atoms with Crippen molar-refractivity contribution in [2.75, 3.05) is 20.2 Å². The van der Waals surface area contributed by atoms with Crippen LogP contribution in [0.25, 0.3) is 0 Å². The van der Waals surface area contributed by atoms with Crippen molar-refractivity contribution in [2.24, 2.45) is 0 Å². The van der Waals surface area contributed by atoms with Gasteiger partial charge in [0.05, 0.1) is 9.92 Å². The molecule has 24 heavy (non-hydrogen) atoms. The molecule has 1 unspecified atom stereocenters. The molecule has 5 nitrogen and oxygen atoms in total. The number of likely N-dealkylation sites (N-methyl/N-ethyl adjacent to an activating group) is 1. The Labute approximate surface area is 147 Å². The molecule has 0 aliphatic carbocycles. The largest absolute Gasteiger partial charge is 0.489 e. The third kappa shape index (κ3) is 4.70. The molecule has 0 saturated heterocycles. The molecule has 0 spiro atoms. The van der Waals surface area contributed by atoms with E-state index in [-0.39, 0.29) is 18.0 Å². The van der Waals surface area contributed by atoms with Gasteiger partial charge in [0.25, 0.3) is 0 Å². The zero-order valence-corrected chi connectivity index (χ0v) is 15.1. The standard InChI is InChI=1S/C17H20ClNO4S/c1-13-7-9-15(10-8-13)24(21,22)19(2)11-14(20)12-23-17-6-4-3-5-16(17)18/h3-10,14,20H,11-12H2,1-2H3. The SMILES string of the molecule is Cc1ccc(S(=O)(=O)N(C)CC(O)COc2ccccc2Cl)cc1. The number of aliphatic hydroxyl groups is 1. The number of aryl methyl sites for hydroxylation is 1. The summed E-state index contributed by atoms with van der Waals surface area (Å²) in [5.41, 5.74) is 0.977. The molecule has 0 aliphatic heterocycles. The lowest BCUT2D eigenvalue weighted by Gasteiger charge is -2.21. The molecule has 0 aliphatic rings. The highest BCUT2D eigenvalue weighted by molar-refractivity contribution is 7.89. The molecule has 0 amide bonds. The molecule has 0 radical (unpaired) electrons. The second-order valence-corrected chi connectivity index (χ2v) is 7.95. The van der Waals surface area contributed by atoms with Crippen molar-refractivity contribution in [1.29, 1.82) is 0 Å². The van der Waals surface area contributed by atoms with Crippen LogP contribution in [-0.2, 0) is 10.0 Å². The van der Waals surface area contributed by atoms with Crippen molar-refractivity contribution < 1.29 is 18.3 Å². The number of ether oxygens (including phenoxy) is 1. The lowest BCUT2D eigenvalue weighted by atomic mass is 10.2. The van der Waals surface area contributed by atoms with E-state index in [0.717, 1.165) is 9.87 Å². The van der Waals surface area contributed by atoms with Crippen LogP contribution in [0.1, 0.15) is 5.56 Å². The molecule has 0 bridgehead atoms. The average molecular weight is 370 g/mol. The Morgan fingerprint density at radius 2 is 1.79 bits per heavy atom. The number of hydrogen-bond acceptors (Lipinski definition) is 4. The van der Waals surface area contributed by atoms with E-state index in [9.17, 15) is 13.5 Å². The van der Waals surface area contributed by atoms with E-state index in [1.165, 1.54) is 7.05 Å². The molecule has 2 aromatic rings. The first-order chi connectivity index (χ1) is 11.3. The fourth-order valence-electron chi connectivity index (χ4n) is 2.09. The Hall–Kier alpha value is -1.60. The van der Waals surface area contributed by atoms with Gasteiger partial charge in [0.2, 0.25) is 10.0 Å². The summed E-state index contributed by atoms with van der Waals surface area (Å²) < 4.78 is 31.5. The zero-order chi connectivity index (χ0) is 17.7. The number of para-hydroxylation sites is 1. The Morgan fingerprint density at radius 1 is 1.17 bits per heavy atom. The summed E-state index contributed by atoms with van der Waals surface area (Å²) in [5, 5.41) is 10.5. The first-order valence-corrected chi connectivity index (χ1v) is 9.21. The molecule has 1 atom stereocenters. The van der Waals surface area contributed by atoms with Crippen molar-refractivity contribution in [3.63, 3.8) is 0 Å². The first kappa shape index (κ1) is 18.7. The van der Waals surface area contributed by atoms with Crippen LogP contribution in [0.5, 0.6) is 5.75 Å². The summed E-state index contributed by atoms with van der Waals surface area (Å²) in [4.78, 5) is 0.190. The van der Waals surface area contributed by atoms with Gasteiger partial charge in [-0.05, 0) is 31.2 Å². The van der Waals surface area contributed by atoms with E-state index in [1.54, 1.807) is 48.5 Å². The molecule has 0 aromatic heterocycles. The van der Waals surface area contributed by atoms with Gasteiger partial charge in [0.15, 0.2) is 0 Å². The normalized spacial score (nSPS) is 13.0. The minimum atomic E-state index is -3.65. The number of sulfonamides is 1. The highest BCUT2D eigenvalue weighted by atomic mass is 35.5. The van der Waals surface area contributed by atoms with Crippen LogP contribution >= 0.6 is 11.6 Å². The molecule has 2 rings (SSSR count). The fourth-order valence-corrected chi connectivity index (χ4v) is 3.48. The maximum Gasteiger partial charge on any atom is 0.242 e. The minimum Gasteiger partial charge on any atom is -0.489 e. The Morgan fingerprint density at radius 3 is 2.42 bits per heavy atom. The quantitative estimate of drug-likeness (QED) is 0.814. The molecule has 130 valence electrons. The molecule has 0 fully saturated rings. The van der Waals surface area contributed by atoms with Gasteiger partial charge >= 0.3 is 0 Å². The smallest absolute Gasteiger partial charge is 0.242 e. The van der Waals surface area contributed by atoms with E-state index >= 15 is 0 Å². The molecule has 7 heteroatoms. The van der Waals surface area contributed by atoms with Crippen LogP contribution in [0.15, 0.2) is 53.4 Å². The van der Waals surface area contributed by atoms with Gasteiger partial charge in [0.1, 0.15) is 18.5 Å². The topological polar surface area (TPSA) is 66.8 Å². The zero-order valence-electron chi connectivity index (χ0n) is 13.5. The maximum atomic E-state index is 12.5. The maximum absolute atomic E-state index is 12.5. The monoisotopic (exact) mass is 369 g/mol. The summed E-state index contributed by atoms with van der Waals surface area (Å²) >= 11 is 5.97. The van der Waals surface area contributed by atoms with Crippen LogP contribution in [0.2, 0.25) is 5.02 Å². The summed E-state index contributed by atoms with van der Waals surface area (Å²) in [6, 6.07) is 13.5. The molecule has 0 heterocycles. The lowest BCUT2D eigenvalue weighted by molar-refractivity contribution is 0.0936. The molecule has 1 N–H and O–H groups in total. The van der Waals surface area contributed by atoms with E-state index in [0.29, 0.717) is 10.8 Å². The number of hydrogen-bond donors (Lipinski definition) is 1. The van der Waals surface area contributed by atoms with E-state index < -0.39 is 16.1 Å². The highest BCUT2D eigenvalue weighted by Gasteiger charge is 2.23. The molecular formula is C17H20ClNO4S. The van der Waals surface area contributed by atoms with Gasteiger partial charge in [-0.25, -0.2) is 8.42 Å². The van der Waals surface area contributed by atoms with Gasteiger partial charge in [-0.1, -0.05) is 41.4 Å². The Kier molecular flexibility index (Phi) is 6.23. The van der Waals surface area contributed by atoms with Crippen molar-refractivity contribution in [1.82, 2.24) is 4.31 Å². The second-order valence-electron chi connectivity index (χ2n) is 5.49. The van der Waals surface area contributed by atoms with Gasteiger partial charge in [-0.3, -0.25) is 0 Å². The number of nitrogens with zero attached hydrogens (tertiary/aromatic N) is 1. The number of rotatable bonds is 7. The van der Waals surface area contributed by atoms with Crippen molar-refractivity contribution in [2.45, 2.75) is 17.9 Å². The number of aliphatic hydroxyl groups excluding tert-OH is 1. The van der Waals surface area contributed by atoms with Crippen LogP contribution in [0, 0.1) is 6.92 Å². The van der Waals surface area contributed by atoms with Gasteiger partial charge < -0.3 is 9.84 Å². The fraction of sp³-hybridized carbons (Fsp3) is 0.294. The van der Waals surface area contributed by atoms with Crippen molar-refractivity contribution >= 4 is 21.6 Å². The Balaban J connectivity index is 1.96. The van der Waals surface area contributed by atoms with Gasteiger partial charge in [-0.2, -0.15) is 4.31 Å². The van der Waals surface area contributed by atoms with Crippen LogP contribution in [-0.4, -0.2) is 44.1 Å². The summed E-state index contributed by atoms with van der Waals surface area (Å²) in [6.45, 7) is 1.74. The Bertz CT molecular complexity index is 777. The lowest BCUT2D eigenvalue weighted by Crippen LogP contribution is -2.37. The van der Waals surface area contributed by atoms with Crippen molar-refractivity contribution in [3.8, 4) is 5.75 Å². The molecule has 2 aromatic carbocycles. The predicted molar refractivity (Wildman–Crippen MR) is 93.9 cm³/mol. The van der Waals surface area contributed by atoms with Crippen LogP contribution < -0.4 is 4.74 Å². The third-order valence-corrected chi connectivity index (χ3v) is 5.61. The predicted octanol–water partition coefficient (Wildman–Crippen LogP) is 2.71.